The van der Waals surface area contributed by atoms with Gasteiger partial charge in [0.25, 0.3) is 5.91 Å². The molecular weight excluding hydrogens is 388 g/mol. The molecule has 0 aliphatic carbocycles. The first-order chi connectivity index (χ1) is 13.9. The summed E-state index contributed by atoms with van der Waals surface area (Å²) < 4.78 is 5.31. The molecule has 2 aromatic heterocycles. The van der Waals surface area contributed by atoms with Gasteiger partial charge in [-0.2, -0.15) is 5.10 Å². The van der Waals surface area contributed by atoms with Crippen LogP contribution in [0.5, 0.6) is 0 Å². The van der Waals surface area contributed by atoms with Crippen LogP contribution in [-0.4, -0.2) is 21.3 Å². The lowest BCUT2D eigenvalue weighted by atomic mass is 10.0. The van der Waals surface area contributed by atoms with Crippen LogP contribution in [0.3, 0.4) is 0 Å². The van der Waals surface area contributed by atoms with Gasteiger partial charge < -0.3 is 9.84 Å². The molecule has 0 radical (unpaired) electrons. The second-order valence-electron chi connectivity index (χ2n) is 6.88. The number of nitrogens with one attached hydrogen (secondary N) is 2. The topological polar surface area (TPSA) is 83.8 Å². The van der Waals surface area contributed by atoms with Gasteiger partial charge in [-0.15, -0.1) is 0 Å². The van der Waals surface area contributed by atoms with Crippen molar-refractivity contribution in [1.82, 2.24) is 15.4 Å². The van der Waals surface area contributed by atoms with Crippen molar-refractivity contribution in [3.63, 3.8) is 0 Å². The summed E-state index contributed by atoms with van der Waals surface area (Å²) in [6, 6.07) is 14.9. The fourth-order valence-corrected chi connectivity index (χ4v) is 3.42. The van der Waals surface area contributed by atoms with Crippen LogP contribution in [0.2, 0.25) is 5.02 Å². The zero-order chi connectivity index (χ0) is 20.5. The summed E-state index contributed by atoms with van der Waals surface area (Å²) in [5.74, 6) is 0.0951. The highest BCUT2D eigenvalue weighted by Gasteiger charge is 2.24. The molecule has 0 bridgehead atoms. The highest BCUT2D eigenvalue weighted by Crippen LogP contribution is 2.33. The number of hydrogen-bond acceptors (Lipinski definition) is 4. The molecule has 1 amide bonds. The Hall–Kier alpha value is -3.38. The maximum Gasteiger partial charge on any atom is 0.261 e. The molecule has 0 saturated carbocycles. The molecule has 0 atom stereocenters. The molecule has 0 aliphatic heterocycles. The Labute approximate surface area is 172 Å². The summed E-state index contributed by atoms with van der Waals surface area (Å²) in [5, 5.41) is 14.8. The highest BCUT2D eigenvalue weighted by molar-refractivity contribution is 6.33. The second kappa shape index (κ2) is 7.56. The van der Waals surface area contributed by atoms with E-state index in [9.17, 15) is 4.79 Å². The van der Waals surface area contributed by atoms with E-state index in [1.165, 1.54) is 0 Å². The van der Waals surface area contributed by atoms with Crippen LogP contribution in [0, 0.1) is 20.8 Å². The lowest BCUT2D eigenvalue weighted by Crippen LogP contribution is -2.14. The largest absolute Gasteiger partial charge is 0.360 e. The zero-order valence-electron chi connectivity index (χ0n) is 16.2. The van der Waals surface area contributed by atoms with Crippen LogP contribution >= 0.6 is 11.6 Å². The molecule has 0 fully saturated rings. The van der Waals surface area contributed by atoms with Gasteiger partial charge in [0.2, 0.25) is 0 Å². The third kappa shape index (κ3) is 3.67. The van der Waals surface area contributed by atoms with Crippen molar-refractivity contribution in [3.8, 4) is 22.5 Å². The van der Waals surface area contributed by atoms with E-state index < -0.39 is 0 Å². The number of carbonyl (C=O) groups excluding carboxylic acids is 1. The lowest BCUT2D eigenvalue weighted by molar-refractivity contribution is 0.102. The molecule has 2 heterocycles. The number of aromatic amines is 1. The Morgan fingerprint density at radius 3 is 2.59 bits per heavy atom. The van der Waals surface area contributed by atoms with Gasteiger partial charge in [0.1, 0.15) is 17.0 Å². The van der Waals surface area contributed by atoms with E-state index in [0.29, 0.717) is 33.3 Å². The molecule has 0 spiro atoms. The van der Waals surface area contributed by atoms with Crippen LogP contribution in [0.1, 0.15) is 27.4 Å². The third-order valence-corrected chi connectivity index (χ3v) is 4.95. The van der Waals surface area contributed by atoms with Gasteiger partial charge in [0.15, 0.2) is 0 Å². The van der Waals surface area contributed by atoms with Crippen LogP contribution in [-0.2, 0) is 0 Å². The van der Waals surface area contributed by atoms with Gasteiger partial charge in [-0.05, 0) is 45.0 Å². The summed E-state index contributed by atoms with van der Waals surface area (Å²) in [6.45, 7) is 5.63. The molecule has 6 nitrogen and oxygen atoms in total. The summed E-state index contributed by atoms with van der Waals surface area (Å²) in [4.78, 5) is 13.2. The van der Waals surface area contributed by atoms with E-state index in [0.717, 1.165) is 22.5 Å². The quantitative estimate of drug-likeness (QED) is 0.464. The highest BCUT2D eigenvalue weighted by atomic mass is 35.5. The number of aryl methyl sites for hydroxylation is 3. The van der Waals surface area contributed by atoms with E-state index in [-0.39, 0.29) is 5.91 Å². The molecule has 2 aromatic carbocycles. The number of nitrogens with zero attached hydrogens (tertiary/aromatic N) is 2. The molecule has 2 N–H and O–H groups in total. The molecule has 29 heavy (non-hydrogen) atoms. The van der Waals surface area contributed by atoms with Gasteiger partial charge in [-0.1, -0.05) is 46.6 Å². The Balaban J connectivity index is 1.74. The van der Waals surface area contributed by atoms with Gasteiger partial charge >= 0.3 is 0 Å². The predicted molar refractivity (Wildman–Crippen MR) is 113 cm³/mol. The monoisotopic (exact) mass is 406 g/mol. The van der Waals surface area contributed by atoms with E-state index >= 15 is 0 Å². The maximum atomic E-state index is 13.2. The van der Waals surface area contributed by atoms with Crippen LogP contribution in [0.4, 0.5) is 5.69 Å². The minimum absolute atomic E-state index is 0.323. The van der Waals surface area contributed by atoms with Crippen molar-refractivity contribution in [2.24, 2.45) is 0 Å². The van der Waals surface area contributed by atoms with Gasteiger partial charge in [-0.25, -0.2) is 0 Å². The zero-order valence-corrected chi connectivity index (χ0v) is 17.0. The first kappa shape index (κ1) is 19.0. The minimum atomic E-state index is -0.323. The number of aromatic nitrogens is 3. The number of halogens is 1. The van der Waals surface area contributed by atoms with E-state index in [4.69, 9.17) is 16.1 Å². The van der Waals surface area contributed by atoms with E-state index in [1.54, 1.807) is 19.1 Å². The Morgan fingerprint density at radius 2 is 1.86 bits per heavy atom. The van der Waals surface area contributed by atoms with Crippen LogP contribution in [0.25, 0.3) is 22.5 Å². The van der Waals surface area contributed by atoms with Crippen molar-refractivity contribution >= 4 is 23.2 Å². The first-order valence-corrected chi connectivity index (χ1v) is 9.47. The third-order valence-electron chi connectivity index (χ3n) is 4.62. The van der Waals surface area contributed by atoms with Crippen molar-refractivity contribution < 1.29 is 9.32 Å². The number of anilines is 1. The van der Waals surface area contributed by atoms with E-state index in [2.05, 4.69) is 20.7 Å². The molecule has 146 valence electrons. The summed E-state index contributed by atoms with van der Waals surface area (Å²) >= 11 is 6.30. The van der Waals surface area contributed by atoms with Crippen molar-refractivity contribution in [2.75, 3.05) is 5.32 Å². The average molecular weight is 407 g/mol. The van der Waals surface area contributed by atoms with Crippen molar-refractivity contribution in [2.45, 2.75) is 20.8 Å². The van der Waals surface area contributed by atoms with Crippen LogP contribution < -0.4 is 5.32 Å². The summed E-state index contributed by atoms with van der Waals surface area (Å²) in [6.07, 6.45) is 0. The number of rotatable bonds is 4. The average Bonchev–Trinajstić information content (AvgIpc) is 3.29. The van der Waals surface area contributed by atoms with Gasteiger partial charge in [-0.3, -0.25) is 9.89 Å². The Bertz CT molecular complexity index is 1210. The Kier molecular flexibility index (Phi) is 4.94. The number of amides is 1. The molecule has 7 heteroatoms. The SMILES string of the molecule is Cc1ccc(NC(=O)c2c(-c3ccccc3Cl)noc2C)c(-c2cc(C)[nH]n2)c1. The number of benzene rings is 2. The maximum absolute atomic E-state index is 13.2. The molecule has 0 unspecified atom stereocenters. The lowest BCUT2D eigenvalue weighted by Gasteiger charge is -2.11. The number of H-pyrrole nitrogens is 1. The fourth-order valence-electron chi connectivity index (χ4n) is 3.20. The molecule has 4 aromatic rings. The fraction of sp³-hybridized carbons (Fsp3) is 0.136. The second-order valence-corrected chi connectivity index (χ2v) is 7.29. The first-order valence-electron chi connectivity index (χ1n) is 9.09. The van der Waals surface area contributed by atoms with Crippen LogP contribution in [0.15, 0.2) is 53.1 Å². The smallest absolute Gasteiger partial charge is 0.261 e. The molecule has 0 aliphatic rings. The van der Waals surface area contributed by atoms with Gasteiger partial charge in [0.05, 0.1) is 16.4 Å². The summed E-state index contributed by atoms with van der Waals surface area (Å²) in [5.41, 5.74) is 5.65. The van der Waals surface area contributed by atoms with E-state index in [1.807, 2.05) is 50.2 Å². The number of carbonyl (C=O) groups is 1. The van der Waals surface area contributed by atoms with Crippen molar-refractivity contribution in [3.05, 3.63) is 76.1 Å². The standard InChI is InChI=1S/C22H19ClN4O2/c1-12-8-9-18(16(10-12)19-11-13(2)25-26-19)24-22(28)20-14(3)29-27-21(20)15-6-4-5-7-17(15)23/h4-11H,1-3H3,(H,24,28)(H,25,26). The molecule has 0 saturated heterocycles. The summed E-state index contributed by atoms with van der Waals surface area (Å²) in [7, 11) is 0. The normalized spacial score (nSPS) is 10.9. The van der Waals surface area contributed by atoms with Crippen molar-refractivity contribution in [1.29, 1.82) is 0 Å². The predicted octanol–water partition coefficient (Wildman–Crippen LogP) is 5.56. The Morgan fingerprint density at radius 1 is 1.07 bits per heavy atom. The minimum Gasteiger partial charge on any atom is -0.360 e. The number of hydrogen-bond donors (Lipinski definition) is 2. The molecule has 4 rings (SSSR count). The van der Waals surface area contributed by atoms with Gasteiger partial charge in [0, 0.05) is 16.8 Å². The molecular formula is C22H19ClN4O2.